The van der Waals surface area contributed by atoms with Gasteiger partial charge in [-0.25, -0.2) is 0 Å². The highest BCUT2D eigenvalue weighted by molar-refractivity contribution is 9.10. The van der Waals surface area contributed by atoms with Crippen molar-refractivity contribution in [3.05, 3.63) is 60.7 Å². The monoisotopic (exact) mass is 597 g/mol. The molecule has 3 atom stereocenters. The van der Waals surface area contributed by atoms with Gasteiger partial charge >= 0.3 is 0 Å². The smallest absolute Gasteiger partial charge is 0.222 e. The van der Waals surface area contributed by atoms with Crippen molar-refractivity contribution in [3.63, 3.8) is 0 Å². The van der Waals surface area contributed by atoms with E-state index in [0.29, 0.717) is 30.2 Å². The largest absolute Gasteiger partial charge is 0.343 e. The fourth-order valence-corrected chi connectivity index (χ4v) is 7.11. The molecule has 0 spiro atoms. The van der Waals surface area contributed by atoms with Crippen molar-refractivity contribution in [2.75, 3.05) is 26.1 Å². The summed E-state index contributed by atoms with van der Waals surface area (Å²) in [4.78, 5) is 19.6. The Morgan fingerprint density at radius 2 is 1.85 bits per heavy atom. The van der Waals surface area contributed by atoms with Crippen molar-refractivity contribution >= 4 is 49.4 Å². The van der Waals surface area contributed by atoms with Crippen molar-refractivity contribution in [3.8, 4) is 0 Å². The highest BCUT2D eigenvalue weighted by atomic mass is 79.9. The van der Waals surface area contributed by atoms with E-state index in [4.69, 9.17) is 19.3 Å². The molecule has 4 nitrogen and oxygen atoms in total. The van der Waals surface area contributed by atoms with E-state index in [0.717, 1.165) is 53.4 Å². The molecule has 0 bridgehead atoms. The predicted molar refractivity (Wildman–Crippen MR) is 140 cm³/mol. The Kier molecular flexibility index (Phi) is 6.69. The predicted octanol–water partition coefficient (Wildman–Crippen LogP) is 6.12. The minimum absolute atomic E-state index is 0.0321. The zero-order valence-electron chi connectivity index (χ0n) is 20.5. The first-order valence-electron chi connectivity index (χ1n) is 13.0. The minimum Gasteiger partial charge on any atom is -0.343 e. The van der Waals surface area contributed by atoms with Crippen molar-refractivity contribution < 1.29 is 7.54 Å². The van der Waals surface area contributed by atoms with Gasteiger partial charge in [0.25, 0.3) is 0 Å². The van der Waals surface area contributed by atoms with E-state index in [9.17, 15) is 4.79 Å². The summed E-state index contributed by atoms with van der Waals surface area (Å²) in [5, 5.41) is 4.04. The molecule has 7 heteroatoms. The molecule has 3 heterocycles. The van der Waals surface area contributed by atoms with Gasteiger partial charge in [0.1, 0.15) is 0 Å². The molecule has 2 saturated heterocycles. The van der Waals surface area contributed by atoms with Crippen LogP contribution in [-0.2, 0) is 17.6 Å². The maximum absolute atomic E-state index is 13.2. The van der Waals surface area contributed by atoms with Gasteiger partial charge in [0.15, 0.2) is 0 Å². The number of amides is 1. The summed E-state index contributed by atoms with van der Waals surface area (Å²) in [7, 11) is 0. The van der Waals surface area contributed by atoms with E-state index >= 15 is 0 Å². The summed E-state index contributed by atoms with van der Waals surface area (Å²) in [6.45, 7) is 0.443. The maximum atomic E-state index is 13.2. The fourth-order valence-electron chi connectivity index (χ4n) is 5.61. The third-order valence-corrected chi connectivity index (χ3v) is 8.62. The van der Waals surface area contributed by atoms with Gasteiger partial charge in [-0.2, -0.15) is 0 Å². The van der Waals surface area contributed by atoms with E-state index in [1.54, 1.807) is 0 Å². The summed E-state index contributed by atoms with van der Waals surface area (Å²) in [5.74, 6) is 0.297. The Morgan fingerprint density at radius 3 is 2.61 bits per heavy atom. The molecule has 2 unspecified atom stereocenters. The molecular weight excluding hydrogens is 566 g/mol. The quantitative estimate of drug-likeness (QED) is 0.463. The molecule has 2 aliphatic heterocycles. The van der Waals surface area contributed by atoms with Gasteiger partial charge in [-0.1, -0.05) is 27.5 Å². The number of aromatic nitrogens is 1. The molecule has 2 aromatic rings. The van der Waals surface area contributed by atoms with Gasteiger partial charge < -0.3 is 10.2 Å². The molecule has 1 aromatic heterocycles. The second-order valence-corrected chi connectivity index (χ2v) is 11.6. The normalized spacial score (nSPS) is 28.9. The molecule has 176 valence electrons. The van der Waals surface area contributed by atoms with Crippen LogP contribution in [0.25, 0.3) is 0 Å². The summed E-state index contributed by atoms with van der Waals surface area (Å²) < 4.78 is 19.7. The number of benzene rings is 1. The second-order valence-electron chi connectivity index (χ2n) is 9.43. The Balaban J connectivity index is 1.45. The van der Waals surface area contributed by atoms with Gasteiger partial charge in [0, 0.05) is 48.3 Å². The Morgan fingerprint density at radius 1 is 1.12 bits per heavy atom. The number of nitrogens with zero attached hydrogens (tertiary/aromatic N) is 2. The first kappa shape index (κ1) is 21.3. The van der Waals surface area contributed by atoms with E-state index in [2.05, 4.69) is 43.2 Å². The number of nitrogens with one attached hydrogen (secondary N) is 1. The van der Waals surface area contributed by atoms with Crippen LogP contribution >= 0.6 is 43.5 Å². The lowest BCUT2D eigenvalue weighted by Gasteiger charge is -2.37. The lowest BCUT2D eigenvalue weighted by molar-refractivity contribution is -0.133. The second kappa shape index (κ2) is 10.3. The lowest BCUT2D eigenvalue weighted by Crippen LogP contribution is -2.41. The maximum Gasteiger partial charge on any atom is 0.222 e. The average molecular weight is 600 g/mol. The lowest BCUT2D eigenvalue weighted by atomic mass is 9.76. The number of rotatable bonds is 3. The van der Waals surface area contributed by atoms with E-state index < -0.39 is 13.0 Å². The SMILES string of the molecule is [3H]C1CC([C@H]2c3ncc(Br)cc3CCc3cc(Cl)cc(Br)c32)CC([3H])N1C(=O)CC1CCNCC1. The van der Waals surface area contributed by atoms with Crippen LogP contribution in [0, 0.1) is 11.8 Å². The van der Waals surface area contributed by atoms with Crippen LogP contribution in [0.1, 0.15) is 63.1 Å². The van der Waals surface area contributed by atoms with Gasteiger partial charge in [0.2, 0.25) is 5.91 Å². The zero-order valence-corrected chi connectivity index (χ0v) is 22.4. The minimum atomic E-state index is -0.720. The number of carbonyl (C=O) groups is 1. The van der Waals surface area contributed by atoms with Crippen LogP contribution in [0.15, 0.2) is 33.3 Å². The van der Waals surface area contributed by atoms with Gasteiger partial charge in [-0.05, 0) is 114 Å². The molecule has 1 amide bonds. The molecule has 0 saturated carbocycles. The Labute approximate surface area is 220 Å². The third-order valence-electron chi connectivity index (χ3n) is 7.31. The number of halogens is 3. The first-order valence-corrected chi connectivity index (χ1v) is 13.8. The molecule has 33 heavy (non-hydrogen) atoms. The number of pyridine rings is 1. The molecule has 1 aliphatic carbocycles. The number of aryl methyl sites for hydroxylation is 2. The van der Waals surface area contributed by atoms with Crippen molar-refractivity contribution in [2.24, 2.45) is 11.8 Å². The van der Waals surface area contributed by atoms with Crippen LogP contribution in [0.2, 0.25) is 5.02 Å². The average Bonchev–Trinajstić information content (AvgIpc) is 2.96. The van der Waals surface area contributed by atoms with Crippen LogP contribution in [0.5, 0.6) is 0 Å². The number of likely N-dealkylation sites (tertiary alicyclic amines) is 1. The molecule has 3 aliphatic rings. The van der Waals surface area contributed by atoms with Crippen molar-refractivity contribution in [1.82, 2.24) is 15.2 Å². The van der Waals surface area contributed by atoms with Crippen molar-refractivity contribution in [1.29, 1.82) is 0 Å². The van der Waals surface area contributed by atoms with Crippen LogP contribution in [0.3, 0.4) is 0 Å². The van der Waals surface area contributed by atoms with E-state index in [1.807, 2.05) is 18.3 Å². The number of piperidine rings is 2. The summed E-state index contributed by atoms with van der Waals surface area (Å²) in [6.07, 6.45) is 7.05. The first-order chi connectivity index (χ1) is 16.8. The van der Waals surface area contributed by atoms with Crippen molar-refractivity contribution in [2.45, 2.75) is 50.9 Å². The highest BCUT2D eigenvalue weighted by Gasteiger charge is 2.36. The van der Waals surface area contributed by atoms with Crippen LogP contribution < -0.4 is 5.32 Å². The molecule has 2 fully saturated rings. The molecule has 0 radical (unpaired) electrons. The zero-order chi connectivity index (χ0) is 24.7. The number of carbonyl (C=O) groups excluding carboxylic acids is 1. The number of hydrogen-bond acceptors (Lipinski definition) is 3. The summed E-state index contributed by atoms with van der Waals surface area (Å²) in [6, 6.07) is 6.12. The number of fused-ring (bicyclic) bond motifs is 2. The van der Waals surface area contributed by atoms with E-state index in [-0.39, 0.29) is 17.7 Å². The molecule has 1 N–H and O–H groups in total. The fraction of sp³-hybridized carbons (Fsp3) is 0.538. The Bertz CT molecular complexity index is 1100. The molecule has 5 rings (SSSR count). The molecular formula is C26H30Br2ClN3O. The molecule has 1 aromatic carbocycles. The summed E-state index contributed by atoms with van der Waals surface area (Å²) in [5.41, 5.74) is 4.57. The van der Waals surface area contributed by atoms with Crippen LogP contribution in [-0.4, -0.2) is 41.9 Å². The van der Waals surface area contributed by atoms with E-state index in [1.165, 1.54) is 21.6 Å². The third kappa shape index (κ3) is 5.19. The summed E-state index contributed by atoms with van der Waals surface area (Å²) >= 11 is 13.8. The van der Waals surface area contributed by atoms with Gasteiger partial charge in [-0.3, -0.25) is 9.78 Å². The highest BCUT2D eigenvalue weighted by Crippen LogP contribution is 2.46. The topological polar surface area (TPSA) is 45.2 Å². The van der Waals surface area contributed by atoms with Crippen LogP contribution in [0.4, 0.5) is 0 Å². The number of hydrogen-bond donors (Lipinski definition) is 1. The van der Waals surface area contributed by atoms with Gasteiger partial charge in [0.05, 0.1) is 5.69 Å². The Hall–Kier alpha value is -0.950. The van der Waals surface area contributed by atoms with Gasteiger partial charge in [-0.15, -0.1) is 0 Å². The standard InChI is InChI=1S/C26H30Br2ClN3O/c27-20-12-19-2-1-18-13-21(29)14-22(28)24(18)25(26(19)31-15-20)17-5-9-32(10-6-17)23(33)11-16-3-7-30-8-4-16/h12-17,25,30H,1-11H2/t25-/m1/s1/i9T,10T/t9?,10?,17?,25-.